The highest BCUT2D eigenvalue weighted by molar-refractivity contribution is 7.15. The Morgan fingerprint density at radius 2 is 2.00 bits per heavy atom. The van der Waals surface area contributed by atoms with Crippen LogP contribution in [-0.4, -0.2) is 44.3 Å². The minimum atomic E-state index is -0.526. The molecule has 0 fully saturated rings. The molecule has 35 heavy (non-hydrogen) atoms. The van der Waals surface area contributed by atoms with Gasteiger partial charge in [0.2, 0.25) is 10.9 Å². The molecule has 9 nitrogen and oxygen atoms in total. The first kappa shape index (κ1) is 22.5. The number of carbonyl (C=O) groups is 1. The molecule has 5 rings (SSSR count). The number of aryl methyl sites for hydroxylation is 1. The molecule has 0 spiro atoms. The Labute approximate surface area is 205 Å². The lowest BCUT2D eigenvalue weighted by Gasteiger charge is -2.10. The summed E-state index contributed by atoms with van der Waals surface area (Å²) in [6.07, 6.45) is 1.46. The highest BCUT2D eigenvalue weighted by Crippen LogP contribution is 2.33. The van der Waals surface area contributed by atoms with Gasteiger partial charge in [-0.05, 0) is 32.0 Å². The monoisotopic (exact) mass is 486 g/mol. The van der Waals surface area contributed by atoms with Gasteiger partial charge >= 0.3 is 5.97 Å². The van der Waals surface area contributed by atoms with Crippen LogP contribution in [-0.2, 0) is 4.74 Å². The zero-order chi connectivity index (χ0) is 24.4. The summed E-state index contributed by atoms with van der Waals surface area (Å²) in [4.78, 5) is 26.9. The molecule has 176 valence electrons. The topological polar surface area (TPSA) is 104 Å². The van der Waals surface area contributed by atoms with Crippen LogP contribution in [0.15, 0.2) is 60.1 Å². The Balaban J connectivity index is 1.55. The number of nitrogens with zero attached hydrogens (tertiary/aromatic N) is 5. The van der Waals surface area contributed by atoms with Crippen LogP contribution in [0.3, 0.4) is 0 Å². The summed E-state index contributed by atoms with van der Waals surface area (Å²) in [7, 11) is 1.63. The number of esters is 1. The zero-order valence-electron chi connectivity index (χ0n) is 19.3. The maximum atomic E-state index is 12.6. The molecule has 5 aromatic rings. The molecule has 2 aromatic carbocycles. The van der Waals surface area contributed by atoms with Crippen LogP contribution < -0.4 is 10.1 Å². The Bertz CT molecular complexity index is 1530. The van der Waals surface area contributed by atoms with Crippen molar-refractivity contribution in [3.8, 4) is 28.4 Å². The lowest BCUT2D eigenvalue weighted by Crippen LogP contribution is -2.11. The highest BCUT2D eigenvalue weighted by Gasteiger charge is 2.20. The van der Waals surface area contributed by atoms with Gasteiger partial charge in [-0.25, -0.2) is 19.3 Å². The molecule has 0 saturated heterocycles. The fraction of sp³-hybridized carbons (Fsp3) is 0.160. The quantitative estimate of drug-likeness (QED) is 0.315. The number of benzene rings is 2. The summed E-state index contributed by atoms with van der Waals surface area (Å²) in [5.41, 5.74) is 3.85. The molecular formula is C25H22N6O3S. The number of para-hydroxylation sites is 1. The number of nitrogens with one attached hydrogen (secondary N) is 1. The van der Waals surface area contributed by atoms with Gasteiger partial charge < -0.3 is 14.8 Å². The fourth-order valence-corrected chi connectivity index (χ4v) is 4.46. The van der Waals surface area contributed by atoms with Gasteiger partial charge in [-0.1, -0.05) is 35.9 Å². The minimum Gasteiger partial charge on any atom is -0.496 e. The summed E-state index contributed by atoms with van der Waals surface area (Å²) in [5, 5.41) is 9.69. The number of rotatable bonds is 7. The number of methoxy groups -OCH3 is 1. The maximum absolute atomic E-state index is 12.6. The average molecular weight is 487 g/mol. The van der Waals surface area contributed by atoms with Crippen LogP contribution in [0, 0.1) is 6.92 Å². The smallest absolute Gasteiger partial charge is 0.343 e. The molecule has 3 aromatic heterocycles. The van der Waals surface area contributed by atoms with Crippen LogP contribution in [0.25, 0.3) is 27.6 Å². The third kappa shape index (κ3) is 4.43. The van der Waals surface area contributed by atoms with Crippen LogP contribution in [0.2, 0.25) is 0 Å². The van der Waals surface area contributed by atoms with E-state index in [-0.39, 0.29) is 18.0 Å². The third-order valence-electron chi connectivity index (χ3n) is 5.26. The van der Waals surface area contributed by atoms with Gasteiger partial charge in [-0.15, -0.1) is 16.4 Å². The summed E-state index contributed by atoms with van der Waals surface area (Å²) in [6.45, 7) is 3.98. The lowest BCUT2D eigenvalue weighted by atomic mass is 10.1. The zero-order valence-corrected chi connectivity index (χ0v) is 20.2. The van der Waals surface area contributed by atoms with Gasteiger partial charge in [0.1, 0.15) is 11.3 Å². The first-order valence-corrected chi connectivity index (χ1v) is 11.8. The number of anilines is 2. The fourth-order valence-electron chi connectivity index (χ4n) is 3.64. The summed E-state index contributed by atoms with van der Waals surface area (Å²) >= 11 is 1.45. The maximum Gasteiger partial charge on any atom is 0.343 e. The first-order valence-electron chi connectivity index (χ1n) is 10.9. The number of thiazole rings is 1. The average Bonchev–Trinajstić information content (AvgIpc) is 3.44. The molecule has 0 aliphatic rings. The first-order chi connectivity index (χ1) is 17.1. The second kappa shape index (κ2) is 9.51. The van der Waals surface area contributed by atoms with Crippen molar-refractivity contribution in [3.05, 3.63) is 71.2 Å². The number of aromatic nitrogens is 5. The van der Waals surface area contributed by atoms with Crippen LogP contribution >= 0.6 is 11.3 Å². The van der Waals surface area contributed by atoms with E-state index in [1.54, 1.807) is 18.5 Å². The van der Waals surface area contributed by atoms with E-state index in [0.717, 1.165) is 28.1 Å². The molecule has 1 N–H and O–H groups in total. The lowest BCUT2D eigenvalue weighted by molar-refractivity contribution is 0.0526. The van der Waals surface area contributed by atoms with Crippen LogP contribution in [0.5, 0.6) is 5.75 Å². The van der Waals surface area contributed by atoms with E-state index in [4.69, 9.17) is 9.47 Å². The molecule has 3 heterocycles. The van der Waals surface area contributed by atoms with E-state index >= 15 is 0 Å². The van der Waals surface area contributed by atoms with Crippen molar-refractivity contribution in [1.29, 1.82) is 0 Å². The Kier molecular flexibility index (Phi) is 6.11. The highest BCUT2D eigenvalue weighted by atomic mass is 32.1. The van der Waals surface area contributed by atoms with Gasteiger partial charge in [-0.3, -0.25) is 0 Å². The van der Waals surface area contributed by atoms with E-state index in [1.807, 2.05) is 60.8 Å². The number of ether oxygens (including phenoxy) is 2. The Morgan fingerprint density at radius 1 is 1.14 bits per heavy atom. The summed E-state index contributed by atoms with van der Waals surface area (Å²) < 4.78 is 12.4. The summed E-state index contributed by atoms with van der Waals surface area (Å²) in [6, 6.07) is 15.5. The standard InChI is InChI=1S/C25H22N6O3S/c1-4-34-23(32)18-13-26-21(16-9-7-8-15(2)12-16)27-22(18)28-24-29-25-31(30-24)19(14-35-25)17-10-5-6-11-20(17)33-3/h5-14H,4H2,1-3H3,(H,26,27,28,30). The Morgan fingerprint density at radius 3 is 2.80 bits per heavy atom. The van der Waals surface area contributed by atoms with E-state index in [2.05, 4.69) is 25.4 Å². The molecule has 0 saturated carbocycles. The number of fused-ring (bicyclic) bond motifs is 1. The Hall–Kier alpha value is -4.31. The number of hydrogen-bond donors (Lipinski definition) is 1. The second-order valence-corrected chi connectivity index (χ2v) is 8.46. The molecule has 0 aliphatic heterocycles. The van der Waals surface area contributed by atoms with Gasteiger partial charge in [0.25, 0.3) is 0 Å². The van der Waals surface area contributed by atoms with Crippen molar-refractivity contribution in [1.82, 2.24) is 24.6 Å². The third-order valence-corrected chi connectivity index (χ3v) is 6.07. The molecule has 0 bridgehead atoms. The molecule has 0 aliphatic carbocycles. The van der Waals surface area contributed by atoms with Crippen LogP contribution in [0.1, 0.15) is 22.8 Å². The van der Waals surface area contributed by atoms with Crippen molar-refractivity contribution >= 4 is 34.0 Å². The molecule has 0 amide bonds. The van der Waals surface area contributed by atoms with Crippen molar-refractivity contribution in [2.45, 2.75) is 13.8 Å². The van der Waals surface area contributed by atoms with Crippen molar-refractivity contribution in [2.24, 2.45) is 0 Å². The predicted octanol–water partition coefficient (Wildman–Crippen LogP) is 5.15. The minimum absolute atomic E-state index is 0.200. The molecule has 10 heteroatoms. The molecule has 0 unspecified atom stereocenters. The molecule has 0 radical (unpaired) electrons. The molecular weight excluding hydrogens is 464 g/mol. The van der Waals surface area contributed by atoms with Crippen molar-refractivity contribution < 1.29 is 14.3 Å². The van der Waals surface area contributed by atoms with E-state index in [0.29, 0.717) is 16.7 Å². The van der Waals surface area contributed by atoms with Crippen molar-refractivity contribution in [2.75, 3.05) is 19.0 Å². The van der Waals surface area contributed by atoms with E-state index in [1.165, 1.54) is 17.5 Å². The SMILES string of the molecule is CCOC(=O)c1cnc(-c2cccc(C)c2)nc1Nc1nc2scc(-c3ccccc3OC)n2n1. The van der Waals surface area contributed by atoms with Crippen LogP contribution in [0.4, 0.5) is 11.8 Å². The van der Waals surface area contributed by atoms with Gasteiger partial charge in [0.05, 0.1) is 19.4 Å². The number of carbonyl (C=O) groups excluding carboxylic acids is 1. The molecule has 0 atom stereocenters. The van der Waals surface area contributed by atoms with Gasteiger partial charge in [-0.2, -0.15) is 4.98 Å². The van der Waals surface area contributed by atoms with Gasteiger partial charge in [0, 0.05) is 22.7 Å². The van der Waals surface area contributed by atoms with Gasteiger partial charge in [0.15, 0.2) is 11.6 Å². The van der Waals surface area contributed by atoms with Crippen molar-refractivity contribution in [3.63, 3.8) is 0 Å². The van der Waals surface area contributed by atoms with E-state index < -0.39 is 5.97 Å². The summed E-state index contributed by atoms with van der Waals surface area (Å²) in [5.74, 6) is 1.25. The number of hydrogen-bond acceptors (Lipinski definition) is 9. The normalized spacial score (nSPS) is 10.9. The second-order valence-electron chi connectivity index (χ2n) is 7.62. The largest absolute Gasteiger partial charge is 0.496 e. The predicted molar refractivity (Wildman–Crippen MR) is 134 cm³/mol. The van der Waals surface area contributed by atoms with E-state index in [9.17, 15) is 4.79 Å².